The van der Waals surface area contributed by atoms with Crippen molar-refractivity contribution in [2.24, 2.45) is 11.7 Å². The molecule has 0 aliphatic heterocycles. The van der Waals surface area contributed by atoms with Gasteiger partial charge in [0.25, 0.3) is 0 Å². The van der Waals surface area contributed by atoms with Crippen LogP contribution in [0.1, 0.15) is 32.8 Å². The zero-order valence-corrected chi connectivity index (χ0v) is 19.0. The van der Waals surface area contributed by atoms with Gasteiger partial charge in [0, 0.05) is 6.42 Å². The smallest absolute Gasteiger partial charge is 0.328 e. The van der Waals surface area contributed by atoms with Gasteiger partial charge in [-0.1, -0.05) is 44.2 Å². The molecule has 184 valence electrons. The quantitative estimate of drug-likeness (QED) is 0.183. The van der Waals surface area contributed by atoms with Gasteiger partial charge in [0.15, 0.2) is 0 Å². The van der Waals surface area contributed by atoms with Gasteiger partial charge in [-0.05, 0) is 24.8 Å². The van der Waals surface area contributed by atoms with Crippen molar-refractivity contribution in [2.75, 3.05) is 6.61 Å². The minimum absolute atomic E-state index is 0.00349. The van der Waals surface area contributed by atoms with E-state index in [4.69, 9.17) is 10.8 Å². The van der Waals surface area contributed by atoms with Gasteiger partial charge in [0.05, 0.1) is 18.8 Å². The van der Waals surface area contributed by atoms with Gasteiger partial charge < -0.3 is 37.0 Å². The molecule has 11 heteroatoms. The Hall–Kier alpha value is -3.02. The molecule has 8 N–H and O–H groups in total. The summed E-state index contributed by atoms with van der Waals surface area (Å²) in [6, 6.07) is 3.58. The van der Waals surface area contributed by atoms with Crippen molar-refractivity contribution in [3.63, 3.8) is 0 Å². The molecule has 0 saturated heterocycles. The van der Waals surface area contributed by atoms with Gasteiger partial charge in [0.2, 0.25) is 17.7 Å². The standard InChI is InChI=1S/C22H34N4O7/c1-12(2)9-15(23)19(29)26-18(13(3)28)21(31)24-16(10-14-7-5-4-6-8-14)20(30)25-17(11-27)22(32)33/h4-8,12-13,15-18,27-28H,9-11,23H2,1-3H3,(H,24,31)(H,25,30)(H,26,29)(H,32,33). The molecule has 0 heterocycles. The fourth-order valence-electron chi connectivity index (χ4n) is 3.06. The lowest BCUT2D eigenvalue weighted by Gasteiger charge is -2.26. The van der Waals surface area contributed by atoms with Crippen LogP contribution < -0.4 is 21.7 Å². The summed E-state index contributed by atoms with van der Waals surface area (Å²) >= 11 is 0. The number of benzene rings is 1. The molecule has 0 fully saturated rings. The molecule has 5 unspecified atom stereocenters. The first-order valence-corrected chi connectivity index (χ1v) is 10.7. The minimum atomic E-state index is -1.56. The highest BCUT2D eigenvalue weighted by atomic mass is 16.4. The number of rotatable bonds is 13. The van der Waals surface area contributed by atoms with E-state index in [0.717, 1.165) is 0 Å². The molecule has 1 rings (SSSR count). The molecule has 0 bridgehead atoms. The van der Waals surface area contributed by atoms with Crippen LogP contribution in [0, 0.1) is 5.92 Å². The lowest BCUT2D eigenvalue weighted by molar-refractivity contribution is -0.143. The highest BCUT2D eigenvalue weighted by Crippen LogP contribution is 2.07. The third-order valence-electron chi connectivity index (χ3n) is 4.84. The minimum Gasteiger partial charge on any atom is -0.480 e. The van der Waals surface area contributed by atoms with Gasteiger partial charge >= 0.3 is 5.97 Å². The average Bonchev–Trinajstić information content (AvgIpc) is 2.74. The van der Waals surface area contributed by atoms with Gasteiger partial charge in [-0.2, -0.15) is 0 Å². The van der Waals surface area contributed by atoms with Crippen molar-refractivity contribution >= 4 is 23.7 Å². The fourth-order valence-corrected chi connectivity index (χ4v) is 3.06. The maximum absolute atomic E-state index is 12.9. The molecule has 0 aliphatic rings. The van der Waals surface area contributed by atoms with E-state index in [1.807, 2.05) is 13.8 Å². The van der Waals surface area contributed by atoms with Gasteiger partial charge in [-0.15, -0.1) is 0 Å². The Morgan fingerprint density at radius 3 is 1.97 bits per heavy atom. The Balaban J connectivity index is 3.03. The lowest BCUT2D eigenvalue weighted by Crippen LogP contribution is -2.60. The molecule has 5 atom stereocenters. The van der Waals surface area contributed by atoms with E-state index in [-0.39, 0.29) is 12.3 Å². The van der Waals surface area contributed by atoms with Crippen LogP contribution in [0.5, 0.6) is 0 Å². The maximum atomic E-state index is 12.9. The van der Waals surface area contributed by atoms with Crippen LogP contribution in [-0.4, -0.2) is 75.9 Å². The highest BCUT2D eigenvalue weighted by Gasteiger charge is 2.32. The number of amides is 3. The summed E-state index contributed by atoms with van der Waals surface area (Å²) in [7, 11) is 0. The van der Waals surface area contributed by atoms with E-state index in [1.54, 1.807) is 30.3 Å². The third kappa shape index (κ3) is 9.56. The van der Waals surface area contributed by atoms with Crippen molar-refractivity contribution in [3.05, 3.63) is 35.9 Å². The van der Waals surface area contributed by atoms with Crippen molar-refractivity contribution < 1.29 is 34.5 Å². The summed E-state index contributed by atoms with van der Waals surface area (Å²) in [4.78, 5) is 49.2. The number of carbonyl (C=O) groups excluding carboxylic acids is 3. The molecule has 33 heavy (non-hydrogen) atoms. The second-order valence-electron chi connectivity index (χ2n) is 8.30. The van der Waals surface area contributed by atoms with E-state index in [0.29, 0.717) is 12.0 Å². The number of carboxylic acid groups (broad SMARTS) is 1. The number of hydrogen-bond donors (Lipinski definition) is 7. The number of aliphatic hydroxyl groups excluding tert-OH is 2. The summed E-state index contributed by atoms with van der Waals surface area (Å²) in [6.45, 7) is 4.23. The number of nitrogens with one attached hydrogen (secondary N) is 3. The van der Waals surface area contributed by atoms with Crippen LogP contribution in [0.4, 0.5) is 0 Å². The largest absolute Gasteiger partial charge is 0.480 e. The molecule has 0 saturated carbocycles. The first-order chi connectivity index (χ1) is 15.5. The Morgan fingerprint density at radius 1 is 0.909 bits per heavy atom. The van der Waals surface area contributed by atoms with Crippen LogP contribution in [0.15, 0.2) is 30.3 Å². The van der Waals surface area contributed by atoms with Crippen LogP contribution >= 0.6 is 0 Å². The predicted molar refractivity (Wildman–Crippen MR) is 120 cm³/mol. The second-order valence-corrected chi connectivity index (χ2v) is 8.30. The molecular formula is C22H34N4O7. The van der Waals surface area contributed by atoms with Crippen molar-refractivity contribution in [2.45, 2.75) is 63.9 Å². The summed E-state index contributed by atoms with van der Waals surface area (Å²) in [6.07, 6.45) is -0.926. The Labute approximate surface area is 192 Å². The fraction of sp³-hybridized carbons (Fsp3) is 0.545. The summed E-state index contributed by atoms with van der Waals surface area (Å²) in [5.41, 5.74) is 6.52. The van der Waals surface area contributed by atoms with E-state index in [2.05, 4.69) is 16.0 Å². The summed E-state index contributed by atoms with van der Waals surface area (Å²) in [5, 5.41) is 35.4. The summed E-state index contributed by atoms with van der Waals surface area (Å²) < 4.78 is 0. The number of nitrogens with two attached hydrogens (primary N) is 1. The zero-order valence-electron chi connectivity index (χ0n) is 19.0. The normalized spacial score (nSPS) is 15.6. The van der Waals surface area contributed by atoms with Crippen molar-refractivity contribution in [3.8, 4) is 0 Å². The van der Waals surface area contributed by atoms with Gasteiger partial charge in [-0.3, -0.25) is 14.4 Å². The Kier molecular flexibility index (Phi) is 11.5. The van der Waals surface area contributed by atoms with Crippen LogP contribution in [0.2, 0.25) is 0 Å². The van der Waals surface area contributed by atoms with E-state index in [9.17, 15) is 29.4 Å². The number of carboxylic acids is 1. The summed E-state index contributed by atoms with van der Waals surface area (Å²) in [5.74, 6) is -3.62. The second kappa shape index (κ2) is 13.5. The molecule has 0 aliphatic carbocycles. The molecule has 11 nitrogen and oxygen atoms in total. The van der Waals surface area contributed by atoms with Crippen LogP contribution in [0.25, 0.3) is 0 Å². The first kappa shape index (κ1) is 28.0. The first-order valence-electron chi connectivity index (χ1n) is 10.7. The van der Waals surface area contributed by atoms with Crippen LogP contribution in [0.3, 0.4) is 0 Å². The van der Waals surface area contributed by atoms with Crippen molar-refractivity contribution in [1.82, 2.24) is 16.0 Å². The topological polar surface area (TPSA) is 191 Å². The SMILES string of the molecule is CC(C)CC(N)C(=O)NC(C(=O)NC(Cc1ccccc1)C(=O)NC(CO)C(=O)O)C(C)O. The number of carbonyl (C=O) groups is 4. The Bertz CT molecular complexity index is 801. The van der Waals surface area contributed by atoms with E-state index < -0.39 is 60.6 Å². The molecule has 1 aromatic carbocycles. The van der Waals surface area contributed by atoms with Gasteiger partial charge in [0.1, 0.15) is 18.1 Å². The predicted octanol–water partition coefficient (Wildman–Crippen LogP) is -1.49. The zero-order chi connectivity index (χ0) is 25.1. The van der Waals surface area contributed by atoms with E-state index >= 15 is 0 Å². The molecular weight excluding hydrogens is 432 g/mol. The van der Waals surface area contributed by atoms with E-state index in [1.165, 1.54) is 6.92 Å². The highest BCUT2D eigenvalue weighted by molar-refractivity contribution is 5.94. The lowest BCUT2D eigenvalue weighted by atomic mass is 10.0. The number of hydrogen-bond acceptors (Lipinski definition) is 7. The molecule has 0 spiro atoms. The monoisotopic (exact) mass is 466 g/mol. The molecule has 1 aromatic rings. The Morgan fingerprint density at radius 2 is 1.48 bits per heavy atom. The molecule has 0 aromatic heterocycles. The number of aliphatic carboxylic acids is 1. The van der Waals surface area contributed by atoms with Crippen LogP contribution in [-0.2, 0) is 25.6 Å². The van der Waals surface area contributed by atoms with Gasteiger partial charge in [-0.25, -0.2) is 4.79 Å². The third-order valence-corrected chi connectivity index (χ3v) is 4.84. The molecule has 0 radical (unpaired) electrons. The average molecular weight is 467 g/mol. The van der Waals surface area contributed by atoms with Crippen molar-refractivity contribution in [1.29, 1.82) is 0 Å². The molecule has 3 amide bonds. The number of aliphatic hydroxyl groups is 2. The maximum Gasteiger partial charge on any atom is 0.328 e.